The third-order valence-electron chi connectivity index (χ3n) is 15.3. The predicted molar refractivity (Wildman–Crippen MR) is 324 cm³/mol. The molecule has 0 spiro atoms. The minimum absolute atomic E-state index is 0.00588. The lowest BCUT2D eigenvalue weighted by Gasteiger charge is -2.28. The van der Waals surface area contributed by atoms with Gasteiger partial charge in [0.2, 0.25) is 17.7 Å². The zero-order valence-electron chi connectivity index (χ0n) is 49.5. The Hall–Kier alpha value is -8.07. The van der Waals surface area contributed by atoms with Gasteiger partial charge in [-0.2, -0.15) is 0 Å². The number of likely N-dealkylation sites (tertiary alicyclic amines) is 1. The van der Waals surface area contributed by atoms with E-state index < -0.39 is 167 Å². The van der Waals surface area contributed by atoms with E-state index in [0.717, 1.165) is 45.5 Å². The molecular formula is C52H62F3N17O18P2S2. The number of aromatic nitrogens is 8. The van der Waals surface area contributed by atoms with Crippen LogP contribution in [0.4, 0.5) is 44.9 Å². The number of anilines is 3. The van der Waals surface area contributed by atoms with Crippen LogP contribution in [0.1, 0.15) is 57.6 Å². The normalized spacial score (nSPS) is 27.7. The minimum atomic E-state index is -4.61. The SMILES string of the molecule is CC(C)[C@H](NC(=O)CCN1C(=O)C=CC1=O)C(=O)N[C@@H](CCCNC(N)=O)C(=O)Nc1ccc(COC(=O)N2C[C@@H](F)C[C@H]2COC(=O)Nc2ncnc3c2ncn3[C@@H]2OC3CO[P@@](=O)(S)O[C@H]4[C@@H](F)[C@H](n5cnc6c(N)ncnc65)O[C@@H]4CO[P@](=O)(S)O[C@H]3[C@H]2F)cc1. The number of carbonyl (C=O) groups excluding carboxylic acids is 8. The molecule has 4 saturated heterocycles. The highest BCUT2D eigenvalue weighted by Gasteiger charge is 2.55. The number of hydrogen-bond acceptors (Lipinski definition) is 25. The van der Waals surface area contributed by atoms with Gasteiger partial charge in [-0.15, -0.1) is 0 Å². The Morgan fingerprint density at radius 3 is 1.98 bits per heavy atom. The van der Waals surface area contributed by atoms with Crippen LogP contribution in [0.15, 0.2) is 61.7 Å². The van der Waals surface area contributed by atoms with Crippen LogP contribution in [-0.4, -0.2) is 197 Å². The van der Waals surface area contributed by atoms with Crippen LogP contribution in [0.3, 0.4) is 0 Å². The lowest BCUT2D eigenvalue weighted by Crippen LogP contribution is -2.54. The van der Waals surface area contributed by atoms with Gasteiger partial charge in [0.25, 0.3) is 11.8 Å². The van der Waals surface area contributed by atoms with E-state index in [1.54, 1.807) is 13.8 Å². The number of nitrogens with two attached hydrogens (primary N) is 2. The van der Waals surface area contributed by atoms with E-state index in [0.29, 0.717) is 5.56 Å². The van der Waals surface area contributed by atoms with Crippen molar-refractivity contribution >= 4 is 125 Å². The molecule has 1 unspecified atom stereocenters. The second-order valence-electron chi connectivity index (χ2n) is 22.1. The molecule has 506 valence electrons. The van der Waals surface area contributed by atoms with Crippen LogP contribution in [0.25, 0.3) is 22.3 Å². The Bertz CT molecular complexity index is 3830. The maximum atomic E-state index is 16.7. The molecular weight excluding hydrogens is 1330 g/mol. The van der Waals surface area contributed by atoms with Gasteiger partial charge in [-0.3, -0.25) is 66.3 Å². The largest absolute Gasteiger partial charge is 0.447 e. The summed E-state index contributed by atoms with van der Waals surface area (Å²) in [5.41, 5.74) is 11.7. The van der Waals surface area contributed by atoms with Crippen LogP contribution >= 0.6 is 38.1 Å². The van der Waals surface area contributed by atoms with Crippen LogP contribution in [0.2, 0.25) is 0 Å². The number of nitrogen functional groups attached to an aromatic ring is 1. The molecule has 9 heterocycles. The summed E-state index contributed by atoms with van der Waals surface area (Å²) in [5.74, 6) is -3.90. The van der Waals surface area contributed by atoms with Crippen LogP contribution in [0, 0.1) is 5.92 Å². The molecule has 9 N–H and O–H groups in total. The van der Waals surface area contributed by atoms with E-state index in [-0.39, 0.29) is 85.0 Å². The number of ether oxygens (including phenoxy) is 4. The Morgan fingerprint density at radius 1 is 0.777 bits per heavy atom. The number of benzene rings is 1. The number of imidazole rings is 2. The quantitative estimate of drug-likeness (QED) is 0.0234. The molecule has 9 amide bonds. The number of nitrogens with one attached hydrogen (secondary N) is 5. The minimum Gasteiger partial charge on any atom is -0.447 e. The van der Waals surface area contributed by atoms with Crippen LogP contribution in [0.5, 0.6) is 0 Å². The molecule has 4 fully saturated rings. The smallest absolute Gasteiger partial charge is 0.412 e. The molecule has 14 atom stereocenters. The average molecular weight is 1400 g/mol. The summed E-state index contributed by atoms with van der Waals surface area (Å²) in [6.07, 6.45) is -11.7. The summed E-state index contributed by atoms with van der Waals surface area (Å²) >= 11 is 8.09. The van der Waals surface area contributed by atoms with Gasteiger partial charge in [0.15, 0.2) is 53.2 Å². The molecule has 0 radical (unpaired) electrons. The lowest BCUT2D eigenvalue weighted by atomic mass is 10.0. The summed E-state index contributed by atoms with van der Waals surface area (Å²) in [4.78, 5) is 128. The molecule has 94 heavy (non-hydrogen) atoms. The highest BCUT2D eigenvalue weighted by atomic mass is 32.7. The number of hydrogen-bond donors (Lipinski definition) is 9. The number of imide groups is 1. The first-order valence-electron chi connectivity index (χ1n) is 28.8. The summed E-state index contributed by atoms with van der Waals surface area (Å²) in [7, 11) is 0. The Kier molecular flexibility index (Phi) is 21.4. The molecule has 4 aromatic heterocycles. The first-order valence-corrected chi connectivity index (χ1v) is 34.2. The Balaban J connectivity index is 0.712. The van der Waals surface area contributed by atoms with Crippen LogP contribution < -0.4 is 38.1 Å². The fraction of sp³-hybridized carbons (Fsp3) is 0.500. The van der Waals surface area contributed by atoms with Crippen molar-refractivity contribution in [2.75, 3.05) is 55.8 Å². The molecule has 42 heteroatoms. The van der Waals surface area contributed by atoms with Gasteiger partial charge in [0, 0.05) is 43.8 Å². The molecule has 5 aliphatic heterocycles. The number of nitrogens with zero attached hydrogens (tertiary/aromatic N) is 10. The average Bonchev–Trinajstić information content (AvgIpc) is 1.62. The van der Waals surface area contributed by atoms with Crippen molar-refractivity contribution in [2.45, 2.75) is 120 Å². The van der Waals surface area contributed by atoms with Crippen molar-refractivity contribution < 1.29 is 97.7 Å². The van der Waals surface area contributed by atoms with Gasteiger partial charge in [-0.05, 0) is 36.5 Å². The first kappa shape index (κ1) is 68.8. The first-order chi connectivity index (χ1) is 44.7. The zero-order chi connectivity index (χ0) is 67.3. The van der Waals surface area contributed by atoms with Crippen molar-refractivity contribution in [3.05, 3.63) is 67.3 Å². The van der Waals surface area contributed by atoms with Crippen molar-refractivity contribution in [1.29, 1.82) is 0 Å². The maximum absolute atomic E-state index is 16.7. The summed E-state index contributed by atoms with van der Waals surface area (Å²) in [5, 5.41) is 12.7. The third-order valence-corrected chi connectivity index (χ3v) is 18.5. The lowest BCUT2D eigenvalue weighted by molar-refractivity contribution is -0.137. The molecule has 0 saturated carbocycles. The summed E-state index contributed by atoms with van der Waals surface area (Å²) in [6, 6.07) is 1.87. The number of halogens is 3. The summed E-state index contributed by atoms with van der Waals surface area (Å²) < 4.78 is 123. The van der Waals surface area contributed by atoms with Crippen LogP contribution in [-0.2, 0) is 76.8 Å². The Labute approximate surface area is 540 Å². The maximum Gasteiger partial charge on any atom is 0.412 e. The standard InChI is InChI=1S/C52H62F3N17O18P2S2/c1-24(2)37(67-32(73)11-13-69-33(74)9-10-34(69)75)47(77)66-29(4-3-12-58-50(57)78)46(76)65-27-7-5-25(6-8-27)16-84-52(80)70-15-26(53)14-28(70)17-83-51(79)68-43-39-45(62-21-60-43)72(23-64-39)49-36(55)41-31(88-49)19-86-91(81,93)89-40-30(18-85-92(82,94)90-41)87-48(35(40)54)71-22-63-38-42(56)59-20-61-44(38)71/h5-10,20-24,26,28-31,35-37,40-41,48-49H,3-4,11-19H2,1-2H3,(H,65,76)(H,66,77)(H,67,73)(H,81,93)(H,82,94)(H2,56,59,61)(H3,57,58,78)(H,60,62,68,79)/t26-,28-,29-,30+,31?,35+,36+,37-,40+,41+,48+,49+,91+,92-/m0/s1. The highest BCUT2D eigenvalue weighted by molar-refractivity contribution is 8.44. The van der Waals surface area contributed by atoms with Crippen molar-refractivity contribution in [2.24, 2.45) is 11.7 Å². The van der Waals surface area contributed by atoms with Gasteiger partial charge >= 0.3 is 31.8 Å². The number of urea groups is 1. The number of primary amides is 1. The zero-order valence-corrected chi connectivity index (χ0v) is 53.0. The van der Waals surface area contributed by atoms with Gasteiger partial charge < -0.3 is 51.7 Å². The summed E-state index contributed by atoms with van der Waals surface area (Å²) in [6.45, 7) is -8.86. The van der Waals surface area contributed by atoms with Gasteiger partial charge in [0.1, 0.15) is 74.1 Å². The fourth-order valence-corrected chi connectivity index (χ4v) is 13.6. The second-order valence-corrected chi connectivity index (χ2v) is 27.9. The molecule has 0 aliphatic carbocycles. The number of amides is 9. The topological polar surface area (TPSA) is 450 Å². The van der Waals surface area contributed by atoms with Crippen molar-refractivity contribution in [3.63, 3.8) is 0 Å². The predicted octanol–water partition coefficient (Wildman–Crippen LogP) is 3.24. The van der Waals surface area contributed by atoms with E-state index in [4.69, 9.17) is 48.5 Å². The number of rotatable bonds is 20. The monoisotopic (exact) mass is 1400 g/mol. The number of alkyl halides is 3. The van der Waals surface area contributed by atoms with E-state index in [1.165, 1.54) is 35.2 Å². The second kappa shape index (κ2) is 29.3. The van der Waals surface area contributed by atoms with E-state index >= 15 is 8.78 Å². The number of thiol groups is 2. The van der Waals surface area contributed by atoms with Crippen molar-refractivity contribution in [3.8, 4) is 0 Å². The number of fused-ring (bicyclic) bond motifs is 4. The van der Waals surface area contributed by atoms with E-state index in [2.05, 4.69) is 81.0 Å². The van der Waals surface area contributed by atoms with Gasteiger partial charge in [-0.1, -0.05) is 50.5 Å². The fourth-order valence-electron chi connectivity index (χ4n) is 10.6. The molecule has 5 aliphatic rings. The molecule has 0 bridgehead atoms. The Morgan fingerprint density at radius 2 is 1.37 bits per heavy atom. The van der Waals surface area contributed by atoms with E-state index in [9.17, 15) is 51.9 Å². The molecule has 10 rings (SSSR count). The highest BCUT2D eigenvalue weighted by Crippen LogP contribution is 2.61. The molecule has 35 nitrogen and oxygen atoms in total. The van der Waals surface area contributed by atoms with Gasteiger partial charge in [0.05, 0.1) is 38.5 Å². The van der Waals surface area contributed by atoms with E-state index in [1.807, 2.05) is 0 Å². The third kappa shape index (κ3) is 16.2. The molecule has 5 aromatic rings. The molecule has 1 aromatic carbocycles. The number of carbonyl (C=O) groups is 8. The van der Waals surface area contributed by atoms with Crippen molar-refractivity contribution in [1.82, 2.24) is 64.8 Å². The van der Waals surface area contributed by atoms with Gasteiger partial charge in [-0.25, -0.2) is 66.6 Å².